The van der Waals surface area contributed by atoms with E-state index in [0.29, 0.717) is 18.5 Å². The van der Waals surface area contributed by atoms with E-state index >= 15 is 0 Å². The number of nitrogens with zero attached hydrogens (tertiary/aromatic N) is 3. The fourth-order valence-corrected chi connectivity index (χ4v) is 5.42. The molecule has 3 aliphatic rings. The van der Waals surface area contributed by atoms with Crippen LogP contribution in [0.5, 0.6) is 0 Å². The summed E-state index contributed by atoms with van der Waals surface area (Å²) < 4.78 is 0. The maximum atomic E-state index is 13.5. The summed E-state index contributed by atoms with van der Waals surface area (Å²) in [4.78, 5) is 53.1. The van der Waals surface area contributed by atoms with Crippen molar-refractivity contribution in [1.29, 1.82) is 0 Å². The smallest absolute Gasteiger partial charge is 0.269 e. The van der Waals surface area contributed by atoms with Gasteiger partial charge in [-0.1, -0.05) is 31.4 Å². The molecule has 0 aromatic heterocycles. The lowest BCUT2D eigenvalue weighted by Gasteiger charge is -2.48. The van der Waals surface area contributed by atoms with Gasteiger partial charge in [0, 0.05) is 25.1 Å². The lowest BCUT2D eigenvalue weighted by Crippen LogP contribution is -2.69. The van der Waals surface area contributed by atoms with Crippen LogP contribution in [-0.4, -0.2) is 57.1 Å². The van der Waals surface area contributed by atoms with Crippen molar-refractivity contribution >= 4 is 23.4 Å². The molecule has 9 heteroatoms. The van der Waals surface area contributed by atoms with Crippen LogP contribution in [0.3, 0.4) is 0 Å². The van der Waals surface area contributed by atoms with Crippen molar-refractivity contribution in [3.8, 4) is 0 Å². The standard InChI is InChI=1S/C22H28N4O5/c23-20(27)18(13-14-8-10-16(11-9-14)26(30)31)25-19(15-5-2-1-3-6-15)22(29)24-12-4-7-17(24)21(25)28/h8-11,15,17-19H,1-7,12-13H2,(H2,23,27)/t17-,18-,19-/m0/s1. The van der Waals surface area contributed by atoms with Crippen molar-refractivity contribution in [3.05, 3.63) is 39.9 Å². The highest BCUT2D eigenvalue weighted by Gasteiger charge is 2.53. The van der Waals surface area contributed by atoms with Gasteiger partial charge in [-0.05, 0) is 37.2 Å². The highest BCUT2D eigenvalue weighted by molar-refractivity contribution is 6.00. The van der Waals surface area contributed by atoms with E-state index in [0.717, 1.165) is 38.5 Å². The molecule has 2 N–H and O–H groups in total. The molecule has 0 spiro atoms. The highest BCUT2D eigenvalue weighted by Crippen LogP contribution is 2.37. The number of piperazine rings is 1. The molecule has 0 unspecified atom stereocenters. The number of rotatable bonds is 6. The van der Waals surface area contributed by atoms with Crippen molar-refractivity contribution < 1.29 is 19.3 Å². The fraction of sp³-hybridized carbons (Fsp3) is 0.591. The number of primary amides is 1. The van der Waals surface area contributed by atoms with E-state index in [1.54, 1.807) is 17.0 Å². The summed E-state index contributed by atoms with van der Waals surface area (Å²) in [7, 11) is 0. The van der Waals surface area contributed by atoms with Crippen molar-refractivity contribution in [2.24, 2.45) is 11.7 Å². The molecule has 1 aromatic carbocycles. The molecule has 9 nitrogen and oxygen atoms in total. The van der Waals surface area contributed by atoms with E-state index in [2.05, 4.69) is 0 Å². The third kappa shape index (κ3) is 4.00. The van der Waals surface area contributed by atoms with Crippen LogP contribution in [0.2, 0.25) is 0 Å². The molecule has 166 valence electrons. The molecule has 3 amide bonds. The minimum Gasteiger partial charge on any atom is -0.368 e. The topological polar surface area (TPSA) is 127 Å². The van der Waals surface area contributed by atoms with Gasteiger partial charge in [-0.2, -0.15) is 0 Å². The highest BCUT2D eigenvalue weighted by atomic mass is 16.6. The van der Waals surface area contributed by atoms with Crippen molar-refractivity contribution in [3.63, 3.8) is 0 Å². The van der Waals surface area contributed by atoms with Crippen molar-refractivity contribution in [1.82, 2.24) is 9.80 Å². The van der Waals surface area contributed by atoms with Gasteiger partial charge in [0.05, 0.1) is 4.92 Å². The third-order valence-corrected chi connectivity index (χ3v) is 6.96. The Morgan fingerprint density at radius 2 is 1.74 bits per heavy atom. The number of carbonyl (C=O) groups excluding carboxylic acids is 3. The maximum Gasteiger partial charge on any atom is 0.269 e. The number of nitro benzene ring substituents is 1. The van der Waals surface area contributed by atoms with Crippen LogP contribution in [0, 0.1) is 16.0 Å². The summed E-state index contributed by atoms with van der Waals surface area (Å²) >= 11 is 0. The Hall–Kier alpha value is -2.97. The summed E-state index contributed by atoms with van der Waals surface area (Å²) in [5.74, 6) is -0.903. The predicted octanol–water partition coefficient (Wildman–Crippen LogP) is 1.77. The zero-order valence-electron chi connectivity index (χ0n) is 17.4. The Morgan fingerprint density at radius 3 is 2.35 bits per heavy atom. The Balaban J connectivity index is 1.67. The molecule has 1 aromatic rings. The Kier molecular flexibility index (Phi) is 5.93. The van der Waals surface area contributed by atoms with Crippen LogP contribution in [0.25, 0.3) is 0 Å². The van der Waals surface area contributed by atoms with Crippen LogP contribution in [-0.2, 0) is 20.8 Å². The predicted molar refractivity (Wildman–Crippen MR) is 112 cm³/mol. The number of hydrogen-bond acceptors (Lipinski definition) is 5. The first kappa shape index (κ1) is 21.3. The number of carbonyl (C=O) groups is 3. The molecule has 4 rings (SSSR count). The molecule has 1 saturated carbocycles. The minimum atomic E-state index is -0.965. The average Bonchev–Trinajstić information content (AvgIpc) is 3.26. The zero-order chi connectivity index (χ0) is 22.1. The number of amides is 3. The number of fused-ring (bicyclic) bond motifs is 1. The van der Waals surface area contributed by atoms with Gasteiger partial charge in [0.1, 0.15) is 18.1 Å². The second-order valence-electron chi connectivity index (χ2n) is 8.82. The molecule has 3 atom stereocenters. The fourth-order valence-electron chi connectivity index (χ4n) is 5.42. The van der Waals surface area contributed by atoms with Crippen LogP contribution < -0.4 is 5.73 Å². The summed E-state index contributed by atoms with van der Waals surface area (Å²) in [6.45, 7) is 0.579. The van der Waals surface area contributed by atoms with Gasteiger partial charge in [-0.15, -0.1) is 0 Å². The average molecular weight is 428 g/mol. The number of hydrogen-bond donors (Lipinski definition) is 1. The van der Waals surface area contributed by atoms with Gasteiger partial charge >= 0.3 is 0 Å². The lowest BCUT2D eigenvalue weighted by atomic mass is 9.80. The van der Waals surface area contributed by atoms with Gasteiger partial charge in [0.2, 0.25) is 17.7 Å². The largest absolute Gasteiger partial charge is 0.368 e. The zero-order valence-corrected chi connectivity index (χ0v) is 17.4. The van der Waals surface area contributed by atoms with Gasteiger partial charge in [-0.3, -0.25) is 24.5 Å². The number of non-ortho nitro benzene ring substituents is 1. The van der Waals surface area contributed by atoms with E-state index in [1.165, 1.54) is 17.0 Å². The number of benzene rings is 1. The van der Waals surface area contributed by atoms with Crippen LogP contribution in [0.15, 0.2) is 24.3 Å². The van der Waals surface area contributed by atoms with Crippen LogP contribution >= 0.6 is 0 Å². The van der Waals surface area contributed by atoms with E-state index in [4.69, 9.17) is 5.73 Å². The first-order chi connectivity index (χ1) is 14.9. The summed E-state index contributed by atoms with van der Waals surface area (Å²) in [6, 6.07) is 3.72. The van der Waals surface area contributed by atoms with E-state index in [9.17, 15) is 24.5 Å². The molecule has 31 heavy (non-hydrogen) atoms. The van der Waals surface area contributed by atoms with Gasteiger partial charge < -0.3 is 15.5 Å². The quantitative estimate of drug-likeness (QED) is 0.546. The van der Waals surface area contributed by atoms with Gasteiger partial charge in [0.15, 0.2) is 0 Å². The van der Waals surface area contributed by atoms with Crippen LogP contribution in [0.4, 0.5) is 5.69 Å². The molecule has 1 aliphatic carbocycles. The first-order valence-corrected chi connectivity index (χ1v) is 11.0. The molecule has 2 aliphatic heterocycles. The van der Waals surface area contributed by atoms with Crippen molar-refractivity contribution in [2.75, 3.05) is 6.54 Å². The Labute approximate surface area is 180 Å². The SMILES string of the molecule is NC(=O)[C@H](Cc1ccc([N+](=O)[O-])cc1)N1C(=O)[C@@H]2CCCN2C(=O)[C@@H]1C1CCCCC1. The molecule has 2 saturated heterocycles. The van der Waals surface area contributed by atoms with Crippen molar-refractivity contribution in [2.45, 2.75) is 69.5 Å². The van der Waals surface area contributed by atoms with E-state index in [-0.39, 0.29) is 29.8 Å². The monoisotopic (exact) mass is 428 g/mol. The molecule has 0 radical (unpaired) electrons. The van der Waals surface area contributed by atoms with Gasteiger partial charge in [0.25, 0.3) is 5.69 Å². The molecular weight excluding hydrogens is 400 g/mol. The molecular formula is C22H28N4O5. The summed E-state index contributed by atoms with van der Waals surface area (Å²) in [5.41, 5.74) is 6.37. The maximum absolute atomic E-state index is 13.5. The summed E-state index contributed by atoms with van der Waals surface area (Å²) in [5, 5.41) is 10.9. The summed E-state index contributed by atoms with van der Waals surface area (Å²) in [6.07, 6.45) is 6.32. The normalized spacial score (nSPS) is 25.4. The lowest BCUT2D eigenvalue weighted by molar-refractivity contribution is -0.384. The second-order valence-corrected chi connectivity index (χ2v) is 8.82. The van der Waals surface area contributed by atoms with Gasteiger partial charge in [-0.25, -0.2) is 0 Å². The van der Waals surface area contributed by atoms with E-state index < -0.39 is 29.0 Å². The number of nitro groups is 1. The van der Waals surface area contributed by atoms with Crippen LogP contribution in [0.1, 0.15) is 50.5 Å². The first-order valence-electron chi connectivity index (χ1n) is 11.0. The van der Waals surface area contributed by atoms with E-state index in [1.807, 2.05) is 0 Å². The Bertz CT molecular complexity index is 880. The second kappa shape index (κ2) is 8.64. The molecule has 3 fully saturated rings. The third-order valence-electron chi connectivity index (χ3n) is 6.96. The molecule has 2 heterocycles. The minimum absolute atomic E-state index is 0.0189. The number of nitrogens with two attached hydrogens (primary N) is 1. The Morgan fingerprint density at radius 1 is 1.06 bits per heavy atom. The molecule has 0 bridgehead atoms.